The largest absolute Gasteiger partial charge is 0.368 e. The third-order valence-electron chi connectivity index (χ3n) is 3.11. The van der Waals surface area contributed by atoms with Gasteiger partial charge in [-0.2, -0.15) is 0 Å². The second-order valence-corrected chi connectivity index (χ2v) is 4.66. The number of pyridine rings is 1. The van der Waals surface area contributed by atoms with Crippen molar-refractivity contribution in [3.8, 4) is 0 Å². The van der Waals surface area contributed by atoms with Crippen molar-refractivity contribution in [2.24, 2.45) is 5.73 Å². The van der Waals surface area contributed by atoms with Gasteiger partial charge in [0, 0.05) is 17.5 Å². The molecular formula is C14H15N3O3. The van der Waals surface area contributed by atoms with Crippen molar-refractivity contribution in [2.45, 2.75) is 19.4 Å². The summed E-state index contributed by atoms with van der Waals surface area (Å²) in [6.07, 6.45) is 0.460. The van der Waals surface area contributed by atoms with Crippen LogP contribution in [0.3, 0.4) is 0 Å². The van der Waals surface area contributed by atoms with E-state index < -0.39 is 11.9 Å². The molecule has 0 saturated heterocycles. The average Bonchev–Trinajstić information content (AvgIpc) is 2.39. The summed E-state index contributed by atoms with van der Waals surface area (Å²) in [7, 11) is 0. The van der Waals surface area contributed by atoms with Gasteiger partial charge < -0.3 is 16.0 Å². The number of aryl methyl sites for hydroxylation is 1. The van der Waals surface area contributed by atoms with Crippen molar-refractivity contribution in [1.29, 1.82) is 0 Å². The Balaban J connectivity index is 2.43. The minimum absolute atomic E-state index is 0.0628. The predicted octanol–water partition coefficient (Wildman–Crippen LogP) is -0.0211. The summed E-state index contributed by atoms with van der Waals surface area (Å²) in [6.45, 7) is 1.95. The van der Waals surface area contributed by atoms with Crippen LogP contribution >= 0.6 is 0 Å². The summed E-state index contributed by atoms with van der Waals surface area (Å²) in [5.41, 5.74) is 7.09. The number of amides is 2. The zero-order valence-corrected chi connectivity index (χ0v) is 11.0. The van der Waals surface area contributed by atoms with E-state index in [1.165, 1.54) is 0 Å². The van der Waals surface area contributed by atoms with E-state index >= 15 is 0 Å². The fourth-order valence-corrected chi connectivity index (χ4v) is 2.07. The molecule has 0 bridgehead atoms. The van der Waals surface area contributed by atoms with Gasteiger partial charge in [-0.25, -0.2) is 0 Å². The van der Waals surface area contributed by atoms with Crippen LogP contribution in [-0.4, -0.2) is 23.3 Å². The zero-order chi connectivity index (χ0) is 14.7. The first kappa shape index (κ1) is 13.8. The van der Waals surface area contributed by atoms with Crippen molar-refractivity contribution in [3.05, 3.63) is 45.7 Å². The van der Waals surface area contributed by atoms with E-state index in [0.717, 1.165) is 16.5 Å². The van der Waals surface area contributed by atoms with Gasteiger partial charge in [-0.1, -0.05) is 11.6 Å². The number of hydrogen-bond donors (Lipinski definition) is 3. The fourth-order valence-electron chi connectivity index (χ4n) is 2.07. The van der Waals surface area contributed by atoms with Crippen LogP contribution < -0.4 is 16.6 Å². The number of carbonyl (C=O) groups excluding carboxylic acids is 2. The third-order valence-corrected chi connectivity index (χ3v) is 3.11. The predicted molar refractivity (Wildman–Crippen MR) is 75.2 cm³/mol. The smallest absolute Gasteiger partial charge is 0.251 e. The lowest BCUT2D eigenvalue weighted by molar-refractivity contribution is -0.122. The number of primary amides is 1. The number of rotatable bonds is 5. The van der Waals surface area contributed by atoms with Crippen LogP contribution in [0.15, 0.2) is 29.1 Å². The SMILES string of the molecule is Cc1ccc2[nH]c(=O)c(CC(NC=O)C(N)=O)cc2c1. The van der Waals surface area contributed by atoms with E-state index in [4.69, 9.17) is 5.73 Å². The fraction of sp³-hybridized carbons (Fsp3) is 0.214. The van der Waals surface area contributed by atoms with Crippen molar-refractivity contribution >= 4 is 23.2 Å². The van der Waals surface area contributed by atoms with E-state index in [1.807, 2.05) is 25.1 Å². The van der Waals surface area contributed by atoms with Crippen molar-refractivity contribution in [3.63, 3.8) is 0 Å². The highest BCUT2D eigenvalue weighted by Gasteiger charge is 2.17. The maximum absolute atomic E-state index is 12.0. The summed E-state index contributed by atoms with van der Waals surface area (Å²) in [5, 5.41) is 3.18. The molecule has 1 aromatic heterocycles. The number of hydrogen-bond acceptors (Lipinski definition) is 3. The molecule has 2 aromatic rings. The monoisotopic (exact) mass is 273 g/mol. The Hall–Kier alpha value is -2.63. The van der Waals surface area contributed by atoms with Gasteiger partial charge in [0.2, 0.25) is 12.3 Å². The molecule has 2 amide bonds. The molecule has 104 valence electrons. The molecule has 0 fully saturated rings. The van der Waals surface area contributed by atoms with Gasteiger partial charge >= 0.3 is 0 Å². The molecule has 6 nitrogen and oxygen atoms in total. The Morgan fingerprint density at radius 2 is 2.20 bits per heavy atom. The highest BCUT2D eigenvalue weighted by Crippen LogP contribution is 2.13. The molecule has 0 saturated carbocycles. The molecule has 0 aliphatic rings. The first-order chi connectivity index (χ1) is 9.51. The Morgan fingerprint density at radius 1 is 1.45 bits per heavy atom. The average molecular weight is 273 g/mol. The Bertz CT molecular complexity index is 721. The summed E-state index contributed by atoms with van der Waals surface area (Å²) >= 11 is 0. The highest BCUT2D eigenvalue weighted by atomic mass is 16.2. The number of benzene rings is 1. The van der Waals surface area contributed by atoms with E-state index in [2.05, 4.69) is 10.3 Å². The molecule has 1 heterocycles. The standard InChI is InChI=1S/C14H15N3O3/c1-8-2-3-11-9(4-8)5-10(14(20)17-11)6-12(13(15)19)16-7-18/h2-5,7,12H,6H2,1H3,(H2,15,19)(H,16,18)(H,17,20). The molecule has 2 rings (SSSR count). The Kier molecular flexibility index (Phi) is 3.84. The first-order valence-electron chi connectivity index (χ1n) is 6.13. The maximum Gasteiger partial charge on any atom is 0.251 e. The topological polar surface area (TPSA) is 105 Å². The van der Waals surface area contributed by atoms with Gasteiger partial charge in [0.25, 0.3) is 5.56 Å². The Morgan fingerprint density at radius 3 is 2.85 bits per heavy atom. The molecule has 20 heavy (non-hydrogen) atoms. The second kappa shape index (κ2) is 5.56. The van der Waals surface area contributed by atoms with E-state index in [-0.39, 0.29) is 12.0 Å². The molecule has 4 N–H and O–H groups in total. The molecule has 1 atom stereocenters. The molecule has 0 radical (unpaired) electrons. The molecule has 1 aromatic carbocycles. The zero-order valence-electron chi connectivity index (χ0n) is 11.0. The van der Waals surface area contributed by atoms with Gasteiger partial charge in [0.15, 0.2) is 0 Å². The van der Waals surface area contributed by atoms with Crippen molar-refractivity contribution in [2.75, 3.05) is 0 Å². The van der Waals surface area contributed by atoms with E-state index in [9.17, 15) is 14.4 Å². The molecule has 0 spiro atoms. The molecule has 6 heteroatoms. The minimum atomic E-state index is -0.893. The van der Waals surface area contributed by atoms with Gasteiger partial charge in [-0.3, -0.25) is 14.4 Å². The van der Waals surface area contributed by atoms with Crippen LogP contribution in [0.1, 0.15) is 11.1 Å². The van der Waals surface area contributed by atoms with Gasteiger partial charge in [0.1, 0.15) is 6.04 Å². The summed E-state index contributed by atoms with van der Waals surface area (Å²) < 4.78 is 0. The summed E-state index contributed by atoms with van der Waals surface area (Å²) in [4.78, 5) is 36.4. The van der Waals surface area contributed by atoms with Crippen LogP contribution in [0.5, 0.6) is 0 Å². The van der Waals surface area contributed by atoms with Crippen molar-refractivity contribution < 1.29 is 9.59 Å². The maximum atomic E-state index is 12.0. The highest BCUT2D eigenvalue weighted by molar-refractivity contribution is 5.83. The summed E-state index contributed by atoms with van der Waals surface area (Å²) in [5.74, 6) is -0.680. The molecule has 0 aliphatic heterocycles. The number of carbonyl (C=O) groups is 2. The first-order valence-corrected chi connectivity index (χ1v) is 6.13. The number of aromatic nitrogens is 1. The number of nitrogens with two attached hydrogens (primary N) is 1. The van der Waals surface area contributed by atoms with Gasteiger partial charge in [-0.15, -0.1) is 0 Å². The lowest BCUT2D eigenvalue weighted by atomic mass is 10.0. The van der Waals surface area contributed by atoms with Crippen LogP contribution in [0.2, 0.25) is 0 Å². The Labute approximate surface area is 115 Å². The van der Waals surface area contributed by atoms with Crippen LogP contribution in [0.25, 0.3) is 10.9 Å². The molecule has 1 unspecified atom stereocenters. The van der Waals surface area contributed by atoms with Crippen LogP contribution in [0.4, 0.5) is 0 Å². The quantitative estimate of drug-likeness (QED) is 0.666. The number of fused-ring (bicyclic) bond motifs is 1. The lowest BCUT2D eigenvalue weighted by Crippen LogP contribution is -2.43. The van der Waals surface area contributed by atoms with Crippen LogP contribution in [-0.2, 0) is 16.0 Å². The van der Waals surface area contributed by atoms with E-state index in [0.29, 0.717) is 12.0 Å². The third kappa shape index (κ3) is 2.85. The number of H-pyrrole nitrogens is 1. The van der Waals surface area contributed by atoms with Crippen molar-refractivity contribution in [1.82, 2.24) is 10.3 Å². The number of nitrogens with one attached hydrogen (secondary N) is 2. The second-order valence-electron chi connectivity index (χ2n) is 4.66. The van der Waals surface area contributed by atoms with Crippen LogP contribution in [0, 0.1) is 6.92 Å². The molecule has 0 aliphatic carbocycles. The number of aromatic amines is 1. The lowest BCUT2D eigenvalue weighted by Gasteiger charge is -2.12. The van der Waals surface area contributed by atoms with Gasteiger partial charge in [0.05, 0.1) is 0 Å². The summed E-state index contributed by atoms with van der Waals surface area (Å²) in [6, 6.07) is 6.48. The minimum Gasteiger partial charge on any atom is -0.368 e. The van der Waals surface area contributed by atoms with Gasteiger partial charge in [-0.05, 0) is 30.5 Å². The van der Waals surface area contributed by atoms with E-state index in [1.54, 1.807) is 6.07 Å². The normalized spacial score (nSPS) is 12.1. The molecular weight excluding hydrogens is 258 g/mol.